The molecule has 0 fully saturated rings. The molecule has 0 aromatic heterocycles. The van der Waals surface area contributed by atoms with Gasteiger partial charge in [0.1, 0.15) is 4.90 Å². The largest absolute Gasteiger partial charge is 0.398 e. The summed E-state index contributed by atoms with van der Waals surface area (Å²) in [5.74, 6) is 0. The fourth-order valence-electron chi connectivity index (χ4n) is 1.64. The van der Waals surface area contributed by atoms with Crippen molar-refractivity contribution < 1.29 is 13.0 Å². The third kappa shape index (κ3) is 1.87. The Labute approximate surface area is 93.4 Å². The first-order valence-corrected chi connectivity index (χ1v) is 6.09. The zero-order chi connectivity index (χ0) is 11.9. The first kappa shape index (κ1) is 10.9. The van der Waals surface area contributed by atoms with Crippen LogP contribution >= 0.6 is 0 Å². The van der Waals surface area contributed by atoms with Crippen LogP contribution in [-0.4, -0.2) is 13.0 Å². The quantitative estimate of drug-likeness (QED) is 0.587. The molecule has 2 aromatic rings. The molecule has 2 rings (SSSR count). The summed E-state index contributed by atoms with van der Waals surface area (Å²) < 4.78 is 31.1. The highest BCUT2D eigenvalue weighted by Gasteiger charge is 2.14. The molecule has 0 saturated heterocycles. The average Bonchev–Trinajstić information content (AvgIpc) is 2.16. The lowest BCUT2D eigenvalue weighted by Gasteiger charge is -2.05. The molecular weight excluding hydrogens is 226 g/mol. The van der Waals surface area contributed by atoms with Gasteiger partial charge in [-0.15, -0.1) is 0 Å². The molecule has 4 nitrogen and oxygen atoms in total. The molecule has 0 spiro atoms. The van der Waals surface area contributed by atoms with E-state index in [0.29, 0.717) is 0 Å². The Bertz CT molecular complexity index is 662. The van der Waals surface area contributed by atoms with Crippen LogP contribution in [0.25, 0.3) is 10.8 Å². The fourth-order valence-corrected chi connectivity index (χ4v) is 2.27. The summed E-state index contributed by atoms with van der Waals surface area (Å²) in [6.45, 7) is 1.91. The Morgan fingerprint density at radius 2 is 1.81 bits per heavy atom. The zero-order valence-electron chi connectivity index (χ0n) is 8.64. The van der Waals surface area contributed by atoms with Crippen molar-refractivity contribution in [1.82, 2.24) is 0 Å². The van der Waals surface area contributed by atoms with Gasteiger partial charge >= 0.3 is 0 Å². The molecule has 16 heavy (non-hydrogen) atoms. The molecule has 0 amide bonds. The molecule has 0 atom stereocenters. The number of benzene rings is 2. The van der Waals surface area contributed by atoms with Crippen molar-refractivity contribution >= 4 is 26.6 Å². The second-order valence-corrected chi connectivity index (χ2v) is 5.11. The number of aryl methyl sites for hydroxylation is 1. The van der Waals surface area contributed by atoms with Crippen molar-refractivity contribution in [2.24, 2.45) is 0 Å². The highest BCUT2D eigenvalue weighted by atomic mass is 32.2. The van der Waals surface area contributed by atoms with E-state index in [1.165, 1.54) is 12.1 Å². The summed E-state index contributed by atoms with van der Waals surface area (Å²) in [5, 5.41) is 1.58. The topological polar surface area (TPSA) is 80.4 Å². The van der Waals surface area contributed by atoms with Crippen LogP contribution in [0.15, 0.2) is 35.2 Å². The molecule has 0 saturated carbocycles. The number of nitrogen functional groups attached to an aromatic ring is 1. The molecule has 0 radical (unpaired) electrons. The van der Waals surface area contributed by atoms with E-state index in [0.717, 1.165) is 16.3 Å². The second-order valence-electron chi connectivity index (χ2n) is 3.72. The van der Waals surface area contributed by atoms with Crippen LogP contribution in [0, 0.1) is 6.92 Å². The van der Waals surface area contributed by atoms with E-state index in [9.17, 15) is 8.42 Å². The minimum Gasteiger partial charge on any atom is -0.398 e. The van der Waals surface area contributed by atoms with Crippen molar-refractivity contribution in [2.45, 2.75) is 11.8 Å². The number of nitrogens with two attached hydrogens (primary N) is 1. The minimum atomic E-state index is -4.26. The normalized spacial score (nSPS) is 11.9. The predicted octanol–water partition coefficient (Wildman–Crippen LogP) is 1.98. The van der Waals surface area contributed by atoms with Crippen LogP contribution in [0.1, 0.15) is 5.56 Å². The average molecular weight is 237 g/mol. The number of rotatable bonds is 1. The maximum Gasteiger partial charge on any atom is 0.296 e. The van der Waals surface area contributed by atoms with Crippen LogP contribution in [0.2, 0.25) is 0 Å². The molecular formula is C11H11NO3S. The van der Waals surface area contributed by atoms with Gasteiger partial charge in [0.25, 0.3) is 10.1 Å². The Kier molecular flexibility index (Phi) is 2.36. The fraction of sp³-hybridized carbons (Fsp3) is 0.0909. The monoisotopic (exact) mass is 237 g/mol. The molecule has 0 aliphatic heterocycles. The Morgan fingerprint density at radius 3 is 2.44 bits per heavy atom. The summed E-state index contributed by atoms with van der Waals surface area (Å²) >= 11 is 0. The van der Waals surface area contributed by atoms with Crippen molar-refractivity contribution in [3.63, 3.8) is 0 Å². The van der Waals surface area contributed by atoms with E-state index in [-0.39, 0.29) is 10.6 Å². The Morgan fingerprint density at radius 1 is 1.12 bits per heavy atom. The summed E-state index contributed by atoms with van der Waals surface area (Å²) in [6, 6.07) is 8.53. The molecule has 2 aromatic carbocycles. The Hall–Kier alpha value is -1.59. The summed E-state index contributed by atoms with van der Waals surface area (Å²) in [5.41, 5.74) is 6.64. The van der Waals surface area contributed by atoms with Gasteiger partial charge in [0.15, 0.2) is 0 Å². The van der Waals surface area contributed by atoms with Gasteiger partial charge < -0.3 is 5.73 Å². The van der Waals surface area contributed by atoms with Crippen molar-refractivity contribution in [2.75, 3.05) is 5.73 Å². The van der Waals surface area contributed by atoms with E-state index < -0.39 is 10.1 Å². The van der Waals surface area contributed by atoms with Crippen LogP contribution in [0.3, 0.4) is 0 Å². The van der Waals surface area contributed by atoms with Crippen LogP contribution in [0.4, 0.5) is 5.69 Å². The van der Waals surface area contributed by atoms with Crippen molar-refractivity contribution in [3.05, 3.63) is 35.9 Å². The molecule has 84 valence electrons. The maximum atomic E-state index is 11.1. The number of anilines is 1. The van der Waals surface area contributed by atoms with Crippen LogP contribution < -0.4 is 5.73 Å². The summed E-state index contributed by atoms with van der Waals surface area (Å²) in [6.07, 6.45) is 0. The lowest BCUT2D eigenvalue weighted by atomic mass is 10.1. The molecule has 0 unspecified atom stereocenters. The Balaban J connectivity index is 2.84. The van der Waals surface area contributed by atoms with E-state index in [1.807, 2.05) is 25.1 Å². The van der Waals surface area contributed by atoms with Crippen LogP contribution in [0.5, 0.6) is 0 Å². The van der Waals surface area contributed by atoms with E-state index in [2.05, 4.69) is 0 Å². The van der Waals surface area contributed by atoms with Gasteiger partial charge in [-0.05, 0) is 29.8 Å². The maximum absolute atomic E-state index is 11.1. The molecule has 3 N–H and O–H groups in total. The van der Waals surface area contributed by atoms with Crippen molar-refractivity contribution in [3.8, 4) is 0 Å². The highest BCUT2D eigenvalue weighted by molar-refractivity contribution is 7.86. The third-order valence-electron chi connectivity index (χ3n) is 2.40. The third-order valence-corrected chi connectivity index (χ3v) is 3.31. The smallest absolute Gasteiger partial charge is 0.296 e. The molecule has 0 bridgehead atoms. The number of hydrogen-bond acceptors (Lipinski definition) is 3. The lowest BCUT2D eigenvalue weighted by molar-refractivity contribution is 0.484. The minimum absolute atomic E-state index is 0.0545. The summed E-state index contributed by atoms with van der Waals surface area (Å²) in [4.78, 5) is -0.245. The molecule has 0 aliphatic rings. The zero-order valence-corrected chi connectivity index (χ0v) is 9.45. The lowest BCUT2D eigenvalue weighted by Crippen LogP contribution is -2.02. The van der Waals surface area contributed by atoms with Gasteiger partial charge in [0.05, 0.1) is 5.69 Å². The molecule has 5 heteroatoms. The van der Waals surface area contributed by atoms with Gasteiger partial charge in [0, 0.05) is 0 Å². The highest BCUT2D eigenvalue weighted by Crippen LogP contribution is 2.26. The summed E-state index contributed by atoms with van der Waals surface area (Å²) in [7, 11) is -4.26. The predicted molar refractivity (Wildman–Crippen MR) is 62.9 cm³/mol. The second kappa shape index (κ2) is 3.47. The van der Waals surface area contributed by atoms with Gasteiger partial charge in [-0.1, -0.05) is 23.8 Å². The van der Waals surface area contributed by atoms with Gasteiger partial charge in [0.2, 0.25) is 0 Å². The van der Waals surface area contributed by atoms with Crippen LogP contribution in [-0.2, 0) is 10.1 Å². The van der Waals surface area contributed by atoms with Crippen molar-refractivity contribution in [1.29, 1.82) is 0 Å². The SMILES string of the molecule is Cc1ccc2cc(N)c(S(=O)(=O)O)cc2c1. The van der Waals surface area contributed by atoms with E-state index in [4.69, 9.17) is 10.3 Å². The first-order chi connectivity index (χ1) is 7.38. The standard InChI is InChI=1S/C11H11NO3S/c1-7-2-3-8-5-10(12)11(16(13,14)15)6-9(8)4-7/h2-6H,12H2,1H3,(H,13,14,15). The molecule has 0 heterocycles. The first-order valence-electron chi connectivity index (χ1n) is 4.65. The van der Waals surface area contributed by atoms with Gasteiger partial charge in [-0.25, -0.2) is 0 Å². The number of hydrogen-bond donors (Lipinski definition) is 2. The molecule has 0 aliphatic carbocycles. The van der Waals surface area contributed by atoms with E-state index >= 15 is 0 Å². The van der Waals surface area contributed by atoms with E-state index in [1.54, 1.807) is 0 Å². The van der Waals surface area contributed by atoms with Gasteiger partial charge in [-0.3, -0.25) is 4.55 Å². The van der Waals surface area contributed by atoms with Gasteiger partial charge in [-0.2, -0.15) is 8.42 Å². The number of fused-ring (bicyclic) bond motifs is 1.